The van der Waals surface area contributed by atoms with Crippen LogP contribution < -0.4 is 10.6 Å². The zero-order chi connectivity index (χ0) is 18.2. The number of anilines is 2. The van der Waals surface area contributed by atoms with Gasteiger partial charge in [0.05, 0.1) is 13.2 Å². The van der Waals surface area contributed by atoms with Crippen LogP contribution in [0.4, 0.5) is 11.5 Å². The molecule has 1 saturated heterocycles. The van der Waals surface area contributed by atoms with Crippen molar-refractivity contribution in [2.75, 3.05) is 36.9 Å². The Kier molecular flexibility index (Phi) is 4.16. The SMILES string of the molecule is Nc1ccc(-c2nc(N3CCOCC3)c3onc(C4CCCC4)c3n2)cc1. The van der Waals surface area contributed by atoms with Crippen LogP contribution >= 0.6 is 0 Å². The molecule has 0 atom stereocenters. The highest BCUT2D eigenvalue weighted by molar-refractivity contribution is 5.88. The van der Waals surface area contributed by atoms with E-state index in [0.29, 0.717) is 30.5 Å². The number of aromatic nitrogens is 3. The molecule has 0 spiro atoms. The summed E-state index contributed by atoms with van der Waals surface area (Å²) in [5, 5.41) is 4.43. The molecule has 2 aliphatic rings. The average Bonchev–Trinajstić information content (AvgIpc) is 3.38. The molecule has 0 amide bonds. The van der Waals surface area contributed by atoms with E-state index in [-0.39, 0.29) is 0 Å². The molecule has 5 rings (SSSR count). The average molecular weight is 365 g/mol. The fourth-order valence-corrected chi connectivity index (χ4v) is 4.05. The standard InChI is InChI=1S/C20H23N5O2/c21-15-7-5-14(6-8-15)19-22-17-16(13-3-1-2-4-13)24-27-18(17)20(23-19)25-9-11-26-12-10-25/h5-8,13H,1-4,9-12,21H2. The summed E-state index contributed by atoms with van der Waals surface area (Å²) in [6.45, 7) is 2.94. The first-order valence-corrected chi connectivity index (χ1v) is 9.65. The van der Waals surface area contributed by atoms with Gasteiger partial charge >= 0.3 is 0 Å². The van der Waals surface area contributed by atoms with Gasteiger partial charge in [0.15, 0.2) is 11.6 Å². The Bertz CT molecular complexity index is 941. The summed E-state index contributed by atoms with van der Waals surface area (Å²) in [5.41, 5.74) is 10.0. The number of ether oxygens (including phenoxy) is 1. The van der Waals surface area contributed by atoms with Crippen LogP contribution in [0.25, 0.3) is 22.5 Å². The summed E-state index contributed by atoms with van der Waals surface area (Å²) in [7, 11) is 0. The van der Waals surface area contributed by atoms with Gasteiger partial charge in [0.2, 0.25) is 5.58 Å². The van der Waals surface area contributed by atoms with Gasteiger partial charge in [-0.25, -0.2) is 9.97 Å². The molecule has 0 bridgehead atoms. The van der Waals surface area contributed by atoms with Crippen LogP contribution in [0.15, 0.2) is 28.8 Å². The Balaban J connectivity index is 1.67. The van der Waals surface area contributed by atoms with E-state index in [9.17, 15) is 0 Å². The van der Waals surface area contributed by atoms with Crippen molar-refractivity contribution in [1.29, 1.82) is 0 Å². The lowest BCUT2D eigenvalue weighted by molar-refractivity contribution is 0.122. The number of nitrogen functional groups attached to an aromatic ring is 1. The fourth-order valence-electron chi connectivity index (χ4n) is 4.05. The van der Waals surface area contributed by atoms with E-state index in [4.69, 9.17) is 25.0 Å². The molecule has 27 heavy (non-hydrogen) atoms. The molecule has 0 unspecified atom stereocenters. The highest BCUT2D eigenvalue weighted by Crippen LogP contribution is 2.39. The summed E-state index contributed by atoms with van der Waals surface area (Å²) >= 11 is 0. The Morgan fingerprint density at radius 1 is 1.00 bits per heavy atom. The molecule has 1 aliphatic carbocycles. The number of morpholine rings is 1. The molecule has 1 aliphatic heterocycles. The highest BCUT2D eigenvalue weighted by Gasteiger charge is 2.28. The summed E-state index contributed by atoms with van der Waals surface area (Å²) in [5.74, 6) is 1.93. The van der Waals surface area contributed by atoms with E-state index >= 15 is 0 Å². The Morgan fingerprint density at radius 2 is 1.74 bits per heavy atom. The van der Waals surface area contributed by atoms with Gasteiger partial charge in [-0.2, -0.15) is 0 Å². The third kappa shape index (κ3) is 3.02. The first kappa shape index (κ1) is 16.5. The third-order valence-electron chi connectivity index (χ3n) is 5.55. The predicted octanol–water partition coefficient (Wildman–Crippen LogP) is 3.36. The number of hydrogen-bond donors (Lipinski definition) is 1. The van der Waals surface area contributed by atoms with E-state index in [2.05, 4.69) is 10.1 Å². The maximum absolute atomic E-state index is 5.84. The van der Waals surface area contributed by atoms with Crippen molar-refractivity contribution in [2.45, 2.75) is 31.6 Å². The Labute approximate surface area is 157 Å². The summed E-state index contributed by atoms with van der Waals surface area (Å²) in [6, 6.07) is 7.68. The fraction of sp³-hybridized carbons (Fsp3) is 0.450. The summed E-state index contributed by atoms with van der Waals surface area (Å²) < 4.78 is 11.3. The minimum atomic E-state index is 0.429. The second-order valence-corrected chi connectivity index (χ2v) is 7.32. The summed E-state index contributed by atoms with van der Waals surface area (Å²) in [4.78, 5) is 11.9. The number of nitrogens with two attached hydrogens (primary N) is 1. The number of benzene rings is 1. The van der Waals surface area contributed by atoms with Crippen molar-refractivity contribution in [3.8, 4) is 11.4 Å². The second kappa shape index (κ2) is 6.81. The van der Waals surface area contributed by atoms with Crippen molar-refractivity contribution < 1.29 is 9.26 Å². The van der Waals surface area contributed by atoms with Crippen LogP contribution in [0, 0.1) is 0 Å². The Hall–Kier alpha value is -2.67. The predicted molar refractivity (Wildman–Crippen MR) is 104 cm³/mol. The minimum absolute atomic E-state index is 0.429. The van der Waals surface area contributed by atoms with Crippen LogP contribution in [0.5, 0.6) is 0 Å². The van der Waals surface area contributed by atoms with Gasteiger partial charge < -0.3 is 19.9 Å². The van der Waals surface area contributed by atoms with Crippen molar-refractivity contribution in [2.24, 2.45) is 0 Å². The lowest BCUT2D eigenvalue weighted by atomic mass is 10.0. The highest BCUT2D eigenvalue weighted by atomic mass is 16.5. The van der Waals surface area contributed by atoms with Crippen molar-refractivity contribution in [3.63, 3.8) is 0 Å². The molecule has 3 aromatic rings. The van der Waals surface area contributed by atoms with Crippen LogP contribution in [-0.4, -0.2) is 41.4 Å². The first-order chi connectivity index (χ1) is 13.3. The number of rotatable bonds is 3. The normalized spacial score (nSPS) is 18.4. The summed E-state index contributed by atoms with van der Waals surface area (Å²) in [6.07, 6.45) is 4.78. The molecular weight excluding hydrogens is 342 g/mol. The zero-order valence-corrected chi connectivity index (χ0v) is 15.2. The number of fused-ring (bicyclic) bond motifs is 1. The number of hydrogen-bond acceptors (Lipinski definition) is 7. The van der Waals surface area contributed by atoms with Gasteiger partial charge in [-0.15, -0.1) is 0 Å². The van der Waals surface area contributed by atoms with Crippen molar-refractivity contribution >= 4 is 22.6 Å². The van der Waals surface area contributed by atoms with Crippen LogP contribution in [0.3, 0.4) is 0 Å². The smallest absolute Gasteiger partial charge is 0.227 e. The monoisotopic (exact) mass is 365 g/mol. The van der Waals surface area contributed by atoms with E-state index in [1.54, 1.807) is 0 Å². The molecule has 140 valence electrons. The van der Waals surface area contributed by atoms with Gasteiger partial charge in [0.25, 0.3) is 0 Å². The van der Waals surface area contributed by atoms with Crippen molar-refractivity contribution in [1.82, 2.24) is 15.1 Å². The molecule has 7 heteroatoms. The topological polar surface area (TPSA) is 90.3 Å². The molecule has 2 aromatic heterocycles. The van der Waals surface area contributed by atoms with E-state index < -0.39 is 0 Å². The van der Waals surface area contributed by atoms with Gasteiger partial charge in [-0.3, -0.25) is 0 Å². The van der Waals surface area contributed by atoms with E-state index in [0.717, 1.165) is 54.2 Å². The molecule has 0 radical (unpaired) electrons. The molecular formula is C20H23N5O2. The molecule has 3 heterocycles. The quantitative estimate of drug-likeness (QED) is 0.712. The Morgan fingerprint density at radius 3 is 2.48 bits per heavy atom. The van der Waals surface area contributed by atoms with Crippen molar-refractivity contribution in [3.05, 3.63) is 30.0 Å². The lowest BCUT2D eigenvalue weighted by Gasteiger charge is -2.27. The third-order valence-corrected chi connectivity index (χ3v) is 5.55. The number of nitrogens with zero attached hydrogens (tertiary/aromatic N) is 4. The van der Waals surface area contributed by atoms with E-state index in [1.807, 2.05) is 24.3 Å². The van der Waals surface area contributed by atoms with Crippen LogP contribution in [0.2, 0.25) is 0 Å². The minimum Gasteiger partial charge on any atom is -0.399 e. The van der Waals surface area contributed by atoms with Gasteiger partial charge in [0, 0.05) is 30.3 Å². The molecule has 2 fully saturated rings. The van der Waals surface area contributed by atoms with Crippen LogP contribution in [0.1, 0.15) is 37.3 Å². The maximum Gasteiger partial charge on any atom is 0.227 e. The second-order valence-electron chi connectivity index (χ2n) is 7.32. The molecule has 7 nitrogen and oxygen atoms in total. The zero-order valence-electron chi connectivity index (χ0n) is 15.2. The molecule has 1 aromatic carbocycles. The van der Waals surface area contributed by atoms with Gasteiger partial charge in [-0.1, -0.05) is 18.0 Å². The maximum atomic E-state index is 5.84. The van der Waals surface area contributed by atoms with E-state index in [1.165, 1.54) is 12.8 Å². The largest absolute Gasteiger partial charge is 0.399 e. The van der Waals surface area contributed by atoms with Gasteiger partial charge in [-0.05, 0) is 37.1 Å². The molecule has 2 N–H and O–H groups in total. The lowest BCUT2D eigenvalue weighted by Crippen LogP contribution is -2.37. The first-order valence-electron chi connectivity index (χ1n) is 9.65. The van der Waals surface area contributed by atoms with Crippen LogP contribution in [-0.2, 0) is 4.74 Å². The molecule has 1 saturated carbocycles. The van der Waals surface area contributed by atoms with Gasteiger partial charge in [0.1, 0.15) is 11.2 Å².